The average Bonchev–Trinajstić information content (AvgIpc) is 3.27. The van der Waals surface area contributed by atoms with Gasteiger partial charge in [0.1, 0.15) is 0 Å². The van der Waals surface area contributed by atoms with Crippen molar-refractivity contribution in [3.8, 4) is 0 Å². The van der Waals surface area contributed by atoms with Gasteiger partial charge in [0.05, 0.1) is 42.8 Å². The first-order valence-corrected chi connectivity index (χ1v) is 8.81. The van der Waals surface area contributed by atoms with Crippen LogP contribution in [0.1, 0.15) is 37.0 Å². The highest BCUT2D eigenvalue weighted by Gasteiger charge is 2.19. The number of hydrogen-bond acceptors (Lipinski definition) is 6. The van der Waals surface area contributed by atoms with E-state index < -0.39 is 5.97 Å². The molecule has 8 nitrogen and oxygen atoms in total. The maximum absolute atomic E-state index is 11.9. The molecule has 3 heterocycles. The van der Waals surface area contributed by atoms with Crippen molar-refractivity contribution in [1.82, 2.24) is 24.3 Å². The number of anilines is 1. The molecule has 8 heteroatoms. The Hall–Kier alpha value is -2.90. The first-order valence-electron chi connectivity index (χ1n) is 8.81. The van der Waals surface area contributed by atoms with E-state index >= 15 is 0 Å². The second-order valence-electron chi connectivity index (χ2n) is 5.90. The highest BCUT2D eigenvalue weighted by atomic mass is 16.5. The number of aryl methyl sites for hydroxylation is 1. The number of ether oxygens (including phenoxy) is 1. The second kappa shape index (κ2) is 7.55. The summed E-state index contributed by atoms with van der Waals surface area (Å²) >= 11 is 0. The van der Waals surface area contributed by atoms with Crippen molar-refractivity contribution in [2.45, 2.75) is 33.9 Å². The summed E-state index contributed by atoms with van der Waals surface area (Å²) in [7, 11) is 1.35. The summed E-state index contributed by atoms with van der Waals surface area (Å²) in [4.78, 5) is 22.6. The van der Waals surface area contributed by atoms with Gasteiger partial charge in [-0.05, 0) is 26.8 Å². The number of rotatable bonds is 7. The zero-order chi connectivity index (χ0) is 18.7. The summed E-state index contributed by atoms with van der Waals surface area (Å²) < 4.78 is 8.79. The molecular weight excluding hydrogens is 332 g/mol. The molecule has 3 aromatic rings. The van der Waals surface area contributed by atoms with Crippen LogP contribution in [-0.4, -0.2) is 50.5 Å². The number of imidazole rings is 1. The van der Waals surface area contributed by atoms with E-state index in [4.69, 9.17) is 9.84 Å². The smallest absolute Gasteiger partial charge is 0.356 e. The predicted molar refractivity (Wildman–Crippen MR) is 99.4 cm³/mol. The van der Waals surface area contributed by atoms with Gasteiger partial charge in [0.15, 0.2) is 11.5 Å². The summed E-state index contributed by atoms with van der Waals surface area (Å²) in [5.74, 6) is 0.416. The number of fused-ring (bicyclic) bond motifs is 1. The molecule has 0 amide bonds. The van der Waals surface area contributed by atoms with E-state index in [1.807, 2.05) is 17.2 Å². The van der Waals surface area contributed by atoms with Gasteiger partial charge in [0.2, 0.25) is 0 Å². The summed E-state index contributed by atoms with van der Waals surface area (Å²) in [5, 5.41) is 5.74. The van der Waals surface area contributed by atoms with Gasteiger partial charge in [-0.2, -0.15) is 5.10 Å². The van der Waals surface area contributed by atoms with Crippen LogP contribution >= 0.6 is 0 Å². The van der Waals surface area contributed by atoms with Gasteiger partial charge in [0, 0.05) is 25.8 Å². The molecule has 3 aromatic heterocycles. The molecule has 138 valence electrons. The normalized spacial score (nSPS) is 11.1. The van der Waals surface area contributed by atoms with E-state index in [9.17, 15) is 4.79 Å². The van der Waals surface area contributed by atoms with Crippen molar-refractivity contribution < 1.29 is 9.53 Å². The van der Waals surface area contributed by atoms with Crippen LogP contribution in [0, 0.1) is 0 Å². The minimum atomic E-state index is -0.456. The fourth-order valence-corrected chi connectivity index (χ4v) is 3.06. The first kappa shape index (κ1) is 17.9. The van der Waals surface area contributed by atoms with E-state index in [0.29, 0.717) is 6.54 Å². The SMILES string of the molecule is CCN(CC)c1nn(Cc2cncn2CC)c2cc(C(=O)OC)ncc12. The van der Waals surface area contributed by atoms with Crippen LogP contribution in [0.25, 0.3) is 10.9 Å². The molecule has 0 atom stereocenters. The maximum atomic E-state index is 11.9. The molecule has 0 aliphatic heterocycles. The van der Waals surface area contributed by atoms with Gasteiger partial charge in [-0.1, -0.05) is 0 Å². The number of hydrogen-bond donors (Lipinski definition) is 0. The molecule has 26 heavy (non-hydrogen) atoms. The molecule has 0 radical (unpaired) electrons. The molecule has 0 fully saturated rings. The number of pyridine rings is 1. The molecule has 0 aliphatic carbocycles. The van der Waals surface area contributed by atoms with Crippen LogP contribution in [-0.2, 0) is 17.8 Å². The number of aromatic nitrogens is 5. The second-order valence-corrected chi connectivity index (χ2v) is 5.90. The Labute approximate surface area is 152 Å². The van der Waals surface area contributed by atoms with E-state index in [2.05, 4.69) is 40.2 Å². The Balaban J connectivity index is 2.14. The van der Waals surface area contributed by atoms with Gasteiger partial charge in [0.25, 0.3) is 0 Å². The van der Waals surface area contributed by atoms with Crippen molar-refractivity contribution in [3.63, 3.8) is 0 Å². The highest BCUT2D eigenvalue weighted by Crippen LogP contribution is 2.27. The Kier molecular flexibility index (Phi) is 5.20. The van der Waals surface area contributed by atoms with Crippen molar-refractivity contribution in [2.75, 3.05) is 25.1 Å². The third kappa shape index (κ3) is 3.14. The van der Waals surface area contributed by atoms with E-state index in [1.165, 1.54) is 7.11 Å². The number of nitrogens with zero attached hydrogens (tertiary/aromatic N) is 6. The Morgan fingerprint density at radius 2 is 2.00 bits per heavy atom. The van der Waals surface area contributed by atoms with Gasteiger partial charge in [-0.15, -0.1) is 0 Å². The van der Waals surface area contributed by atoms with Crippen molar-refractivity contribution in [1.29, 1.82) is 0 Å². The molecule has 0 saturated heterocycles. The lowest BCUT2D eigenvalue weighted by atomic mass is 10.2. The predicted octanol–water partition coefficient (Wildman–Crippen LogP) is 2.33. The molecule has 0 aliphatic rings. The minimum Gasteiger partial charge on any atom is -0.464 e. The number of methoxy groups -OCH3 is 1. The molecule has 0 bridgehead atoms. The quantitative estimate of drug-likeness (QED) is 0.605. The number of carbonyl (C=O) groups excluding carboxylic acids is 1. The standard InChI is InChI=1S/C18H24N6O2/c1-5-22(6-2)17-14-10-20-15(18(25)26-4)8-16(14)24(21-17)11-13-9-19-12-23(13)7-3/h8-10,12H,5-7,11H2,1-4H3. The summed E-state index contributed by atoms with van der Waals surface area (Å²) in [6, 6.07) is 1.74. The van der Waals surface area contributed by atoms with Crippen LogP contribution in [0.4, 0.5) is 5.82 Å². The van der Waals surface area contributed by atoms with Crippen molar-refractivity contribution >= 4 is 22.7 Å². The van der Waals surface area contributed by atoms with Crippen LogP contribution in [0.2, 0.25) is 0 Å². The lowest BCUT2D eigenvalue weighted by Crippen LogP contribution is -2.22. The highest BCUT2D eigenvalue weighted by molar-refractivity contribution is 5.96. The van der Waals surface area contributed by atoms with E-state index in [1.54, 1.807) is 12.3 Å². The summed E-state index contributed by atoms with van der Waals surface area (Å²) in [5.41, 5.74) is 2.18. The van der Waals surface area contributed by atoms with Gasteiger partial charge in [-0.25, -0.2) is 14.8 Å². The first-order chi connectivity index (χ1) is 12.6. The van der Waals surface area contributed by atoms with Gasteiger partial charge < -0.3 is 14.2 Å². The zero-order valence-electron chi connectivity index (χ0n) is 15.6. The Morgan fingerprint density at radius 3 is 2.65 bits per heavy atom. The Bertz CT molecular complexity index is 910. The van der Waals surface area contributed by atoms with Crippen LogP contribution < -0.4 is 4.90 Å². The molecule has 0 spiro atoms. The molecule has 0 unspecified atom stereocenters. The van der Waals surface area contributed by atoms with Crippen LogP contribution in [0.5, 0.6) is 0 Å². The monoisotopic (exact) mass is 356 g/mol. The largest absolute Gasteiger partial charge is 0.464 e. The molecule has 0 aromatic carbocycles. The van der Waals surface area contributed by atoms with Gasteiger partial charge in [-0.3, -0.25) is 4.68 Å². The zero-order valence-corrected chi connectivity index (χ0v) is 15.6. The van der Waals surface area contributed by atoms with Crippen molar-refractivity contribution in [3.05, 3.63) is 36.2 Å². The fraction of sp³-hybridized carbons (Fsp3) is 0.444. The third-order valence-corrected chi connectivity index (χ3v) is 4.53. The lowest BCUT2D eigenvalue weighted by molar-refractivity contribution is 0.0594. The fourth-order valence-electron chi connectivity index (χ4n) is 3.06. The lowest BCUT2D eigenvalue weighted by Gasteiger charge is -2.17. The van der Waals surface area contributed by atoms with E-state index in [0.717, 1.165) is 42.0 Å². The maximum Gasteiger partial charge on any atom is 0.356 e. The summed E-state index contributed by atoms with van der Waals surface area (Å²) in [6.45, 7) is 9.35. The molecule has 0 N–H and O–H groups in total. The minimum absolute atomic E-state index is 0.274. The topological polar surface area (TPSA) is 78.1 Å². The van der Waals surface area contributed by atoms with Crippen LogP contribution in [0.3, 0.4) is 0 Å². The Morgan fingerprint density at radius 1 is 1.23 bits per heavy atom. The molecule has 0 saturated carbocycles. The summed E-state index contributed by atoms with van der Waals surface area (Å²) in [6.07, 6.45) is 5.36. The number of esters is 1. The average molecular weight is 356 g/mol. The van der Waals surface area contributed by atoms with E-state index in [-0.39, 0.29) is 5.69 Å². The van der Waals surface area contributed by atoms with Crippen LogP contribution in [0.15, 0.2) is 24.8 Å². The number of carbonyl (C=O) groups is 1. The molecule has 3 rings (SSSR count). The van der Waals surface area contributed by atoms with Crippen molar-refractivity contribution in [2.24, 2.45) is 0 Å². The molecular formula is C18H24N6O2. The third-order valence-electron chi connectivity index (χ3n) is 4.53. The van der Waals surface area contributed by atoms with Gasteiger partial charge >= 0.3 is 5.97 Å².